The molecule has 0 aromatic heterocycles. The lowest BCUT2D eigenvalue weighted by Gasteiger charge is -2.02. The van der Waals surface area contributed by atoms with E-state index >= 15 is 0 Å². The van der Waals surface area contributed by atoms with E-state index in [0.717, 1.165) is 0 Å². The van der Waals surface area contributed by atoms with Crippen LogP contribution in [-0.2, 0) is 4.79 Å². The number of carboxylic acids is 1. The fourth-order valence-corrected chi connectivity index (χ4v) is 0.586. The van der Waals surface area contributed by atoms with Gasteiger partial charge < -0.3 is 5.11 Å². The van der Waals surface area contributed by atoms with Crippen LogP contribution in [0.5, 0.6) is 0 Å². The molecule has 0 bridgehead atoms. The van der Waals surface area contributed by atoms with Gasteiger partial charge in [-0.1, -0.05) is 6.92 Å². The van der Waals surface area contributed by atoms with E-state index in [1.54, 1.807) is 6.92 Å². The molecule has 0 heterocycles. The fraction of sp³-hybridized carbons (Fsp3) is 0.833. The van der Waals surface area contributed by atoms with E-state index in [-0.39, 0.29) is 12.3 Å². The van der Waals surface area contributed by atoms with Crippen LogP contribution in [0.25, 0.3) is 0 Å². The van der Waals surface area contributed by atoms with E-state index < -0.39 is 12.6 Å². The van der Waals surface area contributed by atoms with Crippen molar-refractivity contribution in [2.75, 3.05) is 6.67 Å². The van der Waals surface area contributed by atoms with Gasteiger partial charge in [0.1, 0.15) is 0 Å². The molecule has 0 aliphatic rings. The second-order valence-electron chi connectivity index (χ2n) is 2.18. The van der Waals surface area contributed by atoms with Crippen LogP contribution in [0.1, 0.15) is 19.8 Å². The molecule has 0 saturated carbocycles. The molecule has 0 fully saturated rings. The van der Waals surface area contributed by atoms with Crippen molar-refractivity contribution in [2.24, 2.45) is 5.92 Å². The first-order valence-corrected chi connectivity index (χ1v) is 2.94. The standard InChI is InChI=1S/C6H11FO2/c1-5(2-3-7)4-6(8)9/h5H,2-4H2,1H3,(H,8,9). The van der Waals surface area contributed by atoms with Gasteiger partial charge in [0, 0.05) is 6.42 Å². The molecule has 1 atom stereocenters. The summed E-state index contributed by atoms with van der Waals surface area (Å²) in [6, 6.07) is 0. The zero-order chi connectivity index (χ0) is 7.28. The average molecular weight is 134 g/mol. The molecule has 9 heavy (non-hydrogen) atoms. The Hall–Kier alpha value is -0.600. The summed E-state index contributed by atoms with van der Waals surface area (Å²) in [5, 5.41) is 8.19. The predicted octanol–water partition coefficient (Wildman–Crippen LogP) is 1.46. The number of rotatable bonds is 4. The zero-order valence-electron chi connectivity index (χ0n) is 5.43. The minimum atomic E-state index is -0.851. The number of carboxylic acid groups (broad SMARTS) is 1. The van der Waals surface area contributed by atoms with E-state index in [0.29, 0.717) is 6.42 Å². The summed E-state index contributed by atoms with van der Waals surface area (Å²) in [5.41, 5.74) is 0. The molecule has 2 nitrogen and oxygen atoms in total. The number of carbonyl (C=O) groups is 1. The van der Waals surface area contributed by atoms with Gasteiger partial charge in [-0.25, -0.2) is 0 Å². The smallest absolute Gasteiger partial charge is 0.303 e. The third-order valence-corrected chi connectivity index (χ3v) is 1.12. The molecule has 0 aromatic carbocycles. The molecule has 0 aliphatic heterocycles. The third-order valence-electron chi connectivity index (χ3n) is 1.12. The minimum absolute atomic E-state index is 0.0347. The normalized spacial score (nSPS) is 13.1. The predicted molar refractivity (Wildman–Crippen MR) is 32.0 cm³/mol. The Morgan fingerprint density at radius 2 is 2.33 bits per heavy atom. The maximum Gasteiger partial charge on any atom is 0.303 e. The highest BCUT2D eigenvalue weighted by molar-refractivity contribution is 5.66. The largest absolute Gasteiger partial charge is 0.481 e. The Bertz CT molecular complexity index is 93.1. The maximum absolute atomic E-state index is 11.5. The van der Waals surface area contributed by atoms with Crippen LogP contribution in [0, 0.1) is 5.92 Å². The van der Waals surface area contributed by atoms with Crippen LogP contribution in [0.2, 0.25) is 0 Å². The van der Waals surface area contributed by atoms with Crippen LogP contribution in [0.3, 0.4) is 0 Å². The highest BCUT2D eigenvalue weighted by Gasteiger charge is 2.05. The van der Waals surface area contributed by atoms with Crippen molar-refractivity contribution in [1.82, 2.24) is 0 Å². The van der Waals surface area contributed by atoms with Crippen LogP contribution in [-0.4, -0.2) is 17.8 Å². The number of aliphatic carboxylic acids is 1. The Morgan fingerprint density at radius 1 is 1.78 bits per heavy atom. The highest BCUT2D eigenvalue weighted by Crippen LogP contribution is 2.06. The lowest BCUT2D eigenvalue weighted by Crippen LogP contribution is -2.04. The maximum atomic E-state index is 11.5. The molecule has 1 N–H and O–H groups in total. The lowest BCUT2D eigenvalue weighted by molar-refractivity contribution is -0.138. The molecule has 0 aromatic rings. The summed E-state index contributed by atoms with van der Waals surface area (Å²) in [6.45, 7) is 1.31. The Labute approximate surface area is 53.7 Å². The van der Waals surface area contributed by atoms with Crippen molar-refractivity contribution in [1.29, 1.82) is 0 Å². The van der Waals surface area contributed by atoms with Crippen LogP contribution >= 0.6 is 0 Å². The van der Waals surface area contributed by atoms with Crippen molar-refractivity contribution < 1.29 is 14.3 Å². The molecule has 0 radical (unpaired) electrons. The number of hydrogen-bond donors (Lipinski definition) is 1. The van der Waals surface area contributed by atoms with Crippen molar-refractivity contribution >= 4 is 5.97 Å². The number of halogens is 1. The summed E-state index contributed by atoms with van der Waals surface area (Å²) in [6.07, 6.45) is 0.427. The molecular formula is C6H11FO2. The topological polar surface area (TPSA) is 37.3 Å². The monoisotopic (exact) mass is 134 g/mol. The van der Waals surface area contributed by atoms with Gasteiger partial charge in [0.05, 0.1) is 6.67 Å². The van der Waals surface area contributed by atoms with Gasteiger partial charge in [0.25, 0.3) is 0 Å². The first-order valence-electron chi connectivity index (χ1n) is 2.94. The van der Waals surface area contributed by atoms with Crippen molar-refractivity contribution in [3.63, 3.8) is 0 Å². The zero-order valence-corrected chi connectivity index (χ0v) is 5.43. The van der Waals surface area contributed by atoms with E-state index in [9.17, 15) is 9.18 Å². The number of hydrogen-bond acceptors (Lipinski definition) is 1. The van der Waals surface area contributed by atoms with Crippen molar-refractivity contribution in [2.45, 2.75) is 19.8 Å². The molecule has 0 amide bonds. The Morgan fingerprint density at radius 3 is 2.67 bits per heavy atom. The summed E-state index contributed by atoms with van der Waals surface area (Å²) in [7, 11) is 0. The summed E-state index contributed by atoms with van der Waals surface area (Å²) in [5.74, 6) is -0.886. The molecule has 1 unspecified atom stereocenters. The van der Waals surface area contributed by atoms with Gasteiger partial charge in [-0.3, -0.25) is 9.18 Å². The van der Waals surface area contributed by atoms with Gasteiger partial charge in [0.2, 0.25) is 0 Å². The molecule has 0 rings (SSSR count). The Balaban J connectivity index is 3.26. The van der Waals surface area contributed by atoms with Crippen molar-refractivity contribution in [3.05, 3.63) is 0 Å². The van der Waals surface area contributed by atoms with Crippen LogP contribution in [0.15, 0.2) is 0 Å². The van der Waals surface area contributed by atoms with Gasteiger partial charge in [-0.05, 0) is 12.3 Å². The molecular weight excluding hydrogens is 123 g/mol. The fourth-order valence-electron chi connectivity index (χ4n) is 0.586. The minimum Gasteiger partial charge on any atom is -0.481 e. The van der Waals surface area contributed by atoms with Gasteiger partial charge in [-0.15, -0.1) is 0 Å². The van der Waals surface area contributed by atoms with E-state index in [2.05, 4.69) is 0 Å². The second kappa shape index (κ2) is 4.30. The first-order chi connectivity index (χ1) is 4.16. The first kappa shape index (κ1) is 8.40. The molecule has 54 valence electrons. The molecule has 0 saturated heterocycles. The molecule has 0 aliphatic carbocycles. The summed E-state index contributed by atoms with van der Waals surface area (Å²) in [4.78, 5) is 9.96. The van der Waals surface area contributed by atoms with E-state index in [1.807, 2.05) is 0 Å². The van der Waals surface area contributed by atoms with Gasteiger partial charge in [0.15, 0.2) is 0 Å². The lowest BCUT2D eigenvalue weighted by atomic mass is 10.1. The van der Waals surface area contributed by atoms with Gasteiger partial charge >= 0.3 is 5.97 Å². The summed E-state index contributed by atoms with van der Waals surface area (Å²) < 4.78 is 11.5. The third kappa shape index (κ3) is 5.27. The summed E-state index contributed by atoms with van der Waals surface area (Å²) >= 11 is 0. The quantitative estimate of drug-likeness (QED) is 0.632. The Kier molecular flexibility index (Phi) is 4.01. The molecule has 0 spiro atoms. The highest BCUT2D eigenvalue weighted by atomic mass is 19.1. The SMILES string of the molecule is CC(CCF)CC(=O)O. The van der Waals surface area contributed by atoms with E-state index in [4.69, 9.17) is 5.11 Å². The van der Waals surface area contributed by atoms with Crippen LogP contribution in [0.4, 0.5) is 4.39 Å². The average Bonchev–Trinajstić information content (AvgIpc) is 1.63. The van der Waals surface area contributed by atoms with E-state index in [1.165, 1.54) is 0 Å². The number of alkyl halides is 1. The van der Waals surface area contributed by atoms with Crippen molar-refractivity contribution in [3.8, 4) is 0 Å². The van der Waals surface area contributed by atoms with Crippen LogP contribution < -0.4 is 0 Å². The molecule has 3 heteroatoms. The second-order valence-corrected chi connectivity index (χ2v) is 2.18. The van der Waals surface area contributed by atoms with Gasteiger partial charge in [-0.2, -0.15) is 0 Å².